The van der Waals surface area contributed by atoms with Crippen LogP contribution in [0.4, 0.5) is 0 Å². The summed E-state index contributed by atoms with van der Waals surface area (Å²) in [6.07, 6.45) is 1.46. The second-order valence-corrected chi connectivity index (χ2v) is 9.65. The number of carbonyl (C=O) groups excluding carboxylic acids is 2. The van der Waals surface area contributed by atoms with Gasteiger partial charge >= 0.3 is 11.9 Å². The second kappa shape index (κ2) is 9.29. The minimum atomic E-state index is -0.601. The summed E-state index contributed by atoms with van der Waals surface area (Å²) >= 11 is 2.73. The molecule has 1 aliphatic rings. The third-order valence-corrected chi connectivity index (χ3v) is 6.93. The molecule has 170 valence electrons. The van der Waals surface area contributed by atoms with E-state index < -0.39 is 18.0 Å². The number of allylic oxidation sites excluding steroid dienone is 1. The number of fused-ring (bicyclic) bond motifs is 1. The molecule has 7 nitrogen and oxygen atoms in total. The van der Waals surface area contributed by atoms with Gasteiger partial charge in [0.05, 0.1) is 34.6 Å². The Kier molecular flexibility index (Phi) is 6.44. The molecule has 1 aliphatic heterocycles. The number of thiophene rings is 1. The van der Waals surface area contributed by atoms with Crippen LogP contribution in [0.2, 0.25) is 0 Å². The summed E-state index contributed by atoms with van der Waals surface area (Å²) in [7, 11) is 1.33. The van der Waals surface area contributed by atoms with Gasteiger partial charge in [-0.25, -0.2) is 14.6 Å². The lowest BCUT2D eigenvalue weighted by Gasteiger charge is -2.24. The number of carbonyl (C=O) groups is 2. The number of aromatic nitrogens is 1. The SMILES string of the molecule is COC(=O)c1ccc(/C=c2/sc3n(c2=O)[C@H](c2cccs2)C(C(=O)OC(C)C)=C(C)N=3)cc1. The molecule has 1 aromatic carbocycles. The Labute approximate surface area is 197 Å². The molecule has 0 unspecified atom stereocenters. The van der Waals surface area contributed by atoms with Crippen LogP contribution in [0.5, 0.6) is 0 Å². The lowest BCUT2D eigenvalue weighted by atomic mass is 10.0. The zero-order valence-corrected chi connectivity index (χ0v) is 20.2. The molecule has 4 rings (SSSR count). The number of rotatable bonds is 5. The Bertz CT molecular complexity index is 1410. The molecule has 2 aromatic heterocycles. The lowest BCUT2D eigenvalue weighted by Crippen LogP contribution is -2.39. The van der Waals surface area contributed by atoms with Gasteiger partial charge in [-0.05, 0) is 56.0 Å². The van der Waals surface area contributed by atoms with Crippen LogP contribution in [0, 0.1) is 0 Å². The standard InChI is InChI=1S/C24H22N2O5S2/c1-13(2)31-23(29)19-14(3)25-24-26(20(19)17-6-5-11-32-17)21(27)18(33-24)12-15-7-9-16(10-8-15)22(28)30-4/h5-13,20H,1-4H3/b18-12+/t20-/m1/s1. The molecular weight excluding hydrogens is 460 g/mol. The molecule has 0 amide bonds. The third kappa shape index (κ3) is 4.46. The number of benzene rings is 1. The Hall–Kier alpha value is -3.30. The Balaban J connectivity index is 1.84. The van der Waals surface area contributed by atoms with Crippen molar-refractivity contribution in [1.29, 1.82) is 0 Å². The molecule has 0 spiro atoms. The van der Waals surface area contributed by atoms with E-state index in [1.807, 2.05) is 17.5 Å². The number of hydrogen-bond acceptors (Lipinski definition) is 8. The summed E-state index contributed by atoms with van der Waals surface area (Å²) in [5.41, 5.74) is 1.85. The zero-order valence-electron chi connectivity index (χ0n) is 18.5. The summed E-state index contributed by atoms with van der Waals surface area (Å²) in [5, 5.41) is 1.91. The van der Waals surface area contributed by atoms with E-state index in [9.17, 15) is 14.4 Å². The zero-order chi connectivity index (χ0) is 23.7. The maximum atomic E-state index is 13.5. The van der Waals surface area contributed by atoms with E-state index in [0.29, 0.717) is 26.2 Å². The van der Waals surface area contributed by atoms with E-state index in [4.69, 9.17) is 9.47 Å². The highest BCUT2D eigenvalue weighted by Gasteiger charge is 2.34. The summed E-state index contributed by atoms with van der Waals surface area (Å²) in [5.74, 6) is -0.898. The number of thiazole rings is 1. The van der Waals surface area contributed by atoms with Crippen molar-refractivity contribution >= 4 is 40.7 Å². The minimum absolute atomic E-state index is 0.239. The fraction of sp³-hybridized carbons (Fsp3) is 0.250. The molecule has 1 atom stereocenters. The lowest BCUT2D eigenvalue weighted by molar-refractivity contribution is -0.143. The maximum absolute atomic E-state index is 13.5. The van der Waals surface area contributed by atoms with Crippen molar-refractivity contribution in [3.8, 4) is 0 Å². The average Bonchev–Trinajstić information content (AvgIpc) is 3.41. The molecule has 0 saturated carbocycles. The Morgan fingerprint density at radius 2 is 1.88 bits per heavy atom. The van der Waals surface area contributed by atoms with E-state index >= 15 is 0 Å². The predicted octanol–water partition coefficient (Wildman–Crippen LogP) is 3.03. The van der Waals surface area contributed by atoms with Gasteiger partial charge in [0.25, 0.3) is 5.56 Å². The van der Waals surface area contributed by atoms with Gasteiger partial charge in [0.1, 0.15) is 6.04 Å². The molecule has 0 N–H and O–H groups in total. The Morgan fingerprint density at radius 1 is 1.15 bits per heavy atom. The van der Waals surface area contributed by atoms with E-state index in [-0.39, 0.29) is 11.7 Å². The van der Waals surface area contributed by atoms with E-state index in [0.717, 1.165) is 10.4 Å². The van der Waals surface area contributed by atoms with Crippen LogP contribution in [-0.4, -0.2) is 29.7 Å². The topological polar surface area (TPSA) is 87.0 Å². The van der Waals surface area contributed by atoms with E-state index in [1.165, 1.54) is 29.8 Å². The first-order chi connectivity index (χ1) is 15.8. The van der Waals surface area contributed by atoms with Crippen molar-refractivity contribution in [1.82, 2.24) is 4.57 Å². The molecule has 0 aliphatic carbocycles. The molecule has 0 bridgehead atoms. The molecular formula is C24H22N2O5S2. The first-order valence-electron chi connectivity index (χ1n) is 10.3. The van der Waals surface area contributed by atoms with Gasteiger partial charge in [0, 0.05) is 4.88 Å². The van der Waals surface area contributed by atoms with Crippen molar-refractivity contribution in [3.05, 3.63) is 88.7 Å². The van der Waals surface area contributed by atoms with Gasteiger partial charge in [-0.3, -0.25) is 9.36 Å². The quantitative estimate of drug-likeness (QED) is 0.522. The highest BCUT2D eigenvalue weighted by molar-refractivity contribution is 7.10. The molecule has 0 saturated heterocycles. The van der Waals surface area contributed by atoms with Crippen molar-refractivity contribution in [2.24, 2.45) is 4.99 Å². The molecule has 0 radical (unpaired) electrons. The monoisotopic (exact) mass is 482 g/mol. The summed E-state index contributed by atoms with van der Waals surface area (Å²) in [6, 6.07) is 9.98. The van der Waals surface area contributed by atoms with Crippen LogP contribution < -0.4 is 14.9 Å². The first kappa shape index (κ1) is 22.9. The van der Waals surface area contributed by atoms with Gasteiger partial charge in [0.2, 0.25) is 0 Å². The fourth-order valence-electron chi connectivity index (χ4n) is 3.56. The Morgan fingerprint density at radius 3 is 2.48 bits per heavy atom. The van der Waals surface area contributed by atoms with Gasteiger partial charge in [0.15, 0.2) is 4.80 Å². The van der Waals surface area contributed by atoms with Gasteiger partial charge in [-0.2, -0.15) is 0 Å². The van der Waals surface area contributed by atoms with Crippen LogP contribution in [0.25, 0.3) is 6.08 Å². The molecule has 3 aromatic rings. The summed E-state index contributed by atoms with van der Waals surface area (Å²) in [6.45, 7) is 5.34. The summed E-state index contributed by atoms with van der Waals surface area (Å²) < 4.78 is 12.2. The number of hydrogen-bond donors (Lipinski definition) is 0. The van der Waals surface area contributed by atoms with Crippen LogP contribution in [0.1, 0.15) is 47.6 Å². The van der Waals surface area contributed by atoms with Gasteiger partial charge in [-0.1, -0.05) is 29.5 Å². The molecule has 9 heteroatoms. The number of ether oxygens (including phenoxy) is 2. The number of esters is 2. The average molecular weight is 483 g/mol. The normalized spacial score (nSPS) is 15.9. The second-order valence-electron chi connectivity index (χ2n) is 7.66. The largest absolute Gasteiger partial charge is 0.465 e. The van der Waals surface area contributed by atoms with Crippen molar-refractivity contribution in [2.75, 3.05) is 7.11 Å². The fourth-order valence-corrected chi connectivity index (χ4v) is 5.43. The van der Waals surface area contributed by atoms with Crippen molar-refractivity contribution in [3.63, 3.8) is 0 Å². The van der Waals surface area contributed by atoms with Gasteiger partial charge < -0.3 is 9.47 Å². The van der Waals surface area contributed by atoms with Gasteiger partial charge in [-0.15, -0.1) is 11.3 Å². The smallest absolute Gasteiger partial charge is 0.338 e. The molecule has 0 fully saturated rings. The molecule has 33 heavy (non-hydrogen) atoms. The maximum Gasteiger partial charge on any atom is 0.338 e. The number of nitrogens with zero attached hydrogens (tertiary/aromatic N) is 2. The van der Waals surface area contributed by atoms with Crippen molar-refractivity contribution < 1.29 is 19.1 Å². The van der Waals surface area contributed by atoms with E-state index in [2.05, 4.69) is 4.99 Å². The van der Waals surface area contributed by atoms with E-state index in [1.54, 1.807) is 55.7 Å². The predicted molar refractivity (Wildman–Crippen MR) is 127 cm³/mol. The van der Waals surface area contributed by atoms with Crippen LogP contribution in [0.3, 0.4) is 0 Å². The first-order valence-corrected chi connectivity index (χ1v) is 11.9. The highest BCUT2D eigenvalue weighted by atomic mass is 32.1. The number of methoxy groups -OCH3 is 1. The van der Waals surface area contributed by atoms with Crippen LogP contribution in [0.15, 0.2) is 62.8 Å². The minimum Gasteiger partial charge on any atom is -0.465 e. The third-order valence-electron chi connectivity index (χ3n) is 5.03. The van der Waals surface area contributed by atoms with Crippen LogP contribution >= 0.6 is 22.7 Å². The van der Waals surface area contributed by atoms with Crippen LogP contribution in [-0.2, 0) is 14.3 Å². The summed E-state index contributed by atoms with van der Waals surface area (Å²) in [4.78, 5) is 44.1. The molecule has 3 heterocycles. The highest BCUT2D eigenvalue weighted by Crippen LogP contribution is 2.33. The van der Waals surface area contributed by atoms with Crippen molar-refractivity contribution in [2.45, 2.75) is 32.9 Å².